The Morgan fingerprint density at radius 2 is 1.93 bits per heavy atom. The molecule has 1 rings (SSSR count). The molecule has 2 N–H and O–H groups in total. The molecule has 0 bridgehead atoms. The lowest BCUT2D eigenvalue weighted by molar-refractivity contribution is -0.138. The third kappa shape index (κ3) is 2.81. The standard InChI is InChI=1S/C8H12N2O4/c11-6-1-2-7(12)10(6)4-3-9-5-8(13)14/h9H,1-5H2,(H,13,14). The zero-order valence-electron chi connectivity index (χ0n) is 7.65. The Balaban J connectivity index is 2.20. The first kappa shape index (κ1) is 10.6. The van der Waals surface area contributed by atoms with Crippen LogP contribution in [0.1, 0.15) is 12.8 Å². The summed E-state index contributed by atoms with van der Waals surface area (Å²) in [5.41, 5.74) is 0. The van der Waals surface area contributed by atoms with E-state index in [1.807, 2.05) is 0 Å². The molecule has 1 heterocycles. The minimum Gasteiger partial charge on any atom is -0.480 e. The summed E-state index contributed by atoms with van der Waals surface area (Å²) in [5, 5.41) is 10.9. The molecule has 1 aliphatic heterocycles. The fourth-order valence-electron chi connectivity index (χ4n) is 1.26. The number of carbonyl (C=O) groups excluding carboxylic acids is 2. The van der Waals surface area contributed by atoms with E-state index < -0.39 is 5.97 Å². The Bertz CT molecular complexity index is 248. The molecule has 1 fully saturated rings. The topological polar surface area (TPSA) is 86.7 Å². The molecule has 6 heteroatoms. The Hall–Kier alpha value is -1.43. The zero-order valence-corrected chi connectivity index (χ0v) is 7.65. The fraction of sp³-hybridized carbons (Fsp3) is 0.625. The Labute approximate surface area is 80.9 Å². The monoisotopic (exact) mass is 200 g/mol. The fourth-order valence-corrected chi connectivity index (χ4v) is 1.26. The summed E-state index contributed by atoms with van der Waals surface area (Å²) in [6.45, 7) is 0.422. The SMILES string of the molecule is O=C(O)CNCCN1C(=O)CCC1=O. The number of carbonyl (C=O) groups is 3. The largest absolute Gasteiger partial charge is 0.480 e. The summed E-state index contributed by atoms with van der Waals surface area (Å²) in [4.78, 5) is 33.4. The van der Waals surface area contributed by atoms with Gasteiger partial charge in [-0.1, -0.05) is 0 Å². The molecule has 0 saturated carbocycles. The molecule has 0 aromatic heterocycles. The maximum atomic E-state index is 11.1. The van der Waals surface area contributed by atoms with Gasteiger partial charge in [0, 0.05) is 25.9 Å². The highest BCUT2D eigenvalue weighted by molar-refractivity contribution is 6.01. The van der Waals surface area contributed by atoms with Crippen LogP contribution in [-0.2, 0) is 14.4 Å². The highest BCUT2D eigenvalue weighted by atomic mass is 16.4. The van der Waals surface area contributed by atoms with E-state index in [9.17, 15) is 14.4 Å². The lowest BCUT2D eigenvalue weighted by Gasteiger charge is -2.13. The molecule has 78 valence electrons. The number of likely N-dealkylation sites (tertiary alicyclic amines) is 1. The van der Waals surface area contributed by atoms with Crippen LogP contribution >= 0.6 is 0 Å². The minimum atomic E-state index is -0.955. The molecule has 0 aromatic rings. The lowest BCUT2D eigenvalue weighted by Crippen LogP contribution is -2.37. The third-order valence-electron chi connectivity index (χ3n) is 1.94. The van der Waals surface area contributed by atoms with Crippen LogP contribution in [0.2, 0.25) is 0 Å². The summed E-state index contributed by atoms with van der Waals surface area (Å²) >= 11 is 0. The van der Waals surface area contributed by atoms with Crippen LogP contribution in [0, 0.1) is 0 Å². The smallest absolute Gasteiger partial charge is 0.317 e. The van der Waals surface area contributed by atoms with Crippen LogP contribution in [0.5, 0.6) is 0 Å². The maximum absolute atomic E-state index is 11.1. The quantitative estimate of drug-likeness (QED) is 0.430. The lowest BCUT2D eigenvalue weighted by atomic mass is 10.4. The van der Waals surface area contributed by atoms with Crippen LogP contribution in [0.4, 0.5) is 0 Å². The predicted octanol–water partition coefficient (Wildman–Crippen LogP) is -1.19. The number of carboxylic acid groups (broad SMARTS) is 1. The highest BCUT2D eigenvalue weighted by Gasteiger charge is 2.27. The van der Waals surface area contributed by atoms with Gasteiger partial charge in [0.05, 0.1) is 6.54 Å². The number of imide groups is 1. The van der Waals surface area contributed by atoms with Crippen molar-refractivity contribution in [3.63, 3.8) is 0 Å². The highest BCUT2D eigenvalue weighted by Crippen LogP contribution is 2.10. The number of carboxylic acids is 1. The second-order valence-electron chi connectivity index (χ2n) is 3.01. The second-order valence-corrected chi connectivity index (χ2v) is 3.01. The summed E-state index contributed by atoms with van der Waals surface area (Å²) in [5.74, 6) is -1.30. The van der Waals surface area contributed by atoms with E-state index in [2.05, 4.69) is 5.32 Å². The van der Waals surface area contributed by atoms with Crippen LogP contribution < -0.4 is 5.32 Å². The average Bonchev–Trinajstić information content (AvgIpc) is 2.42. The molecule has 1 aliphatic rings. The maximum Gasteiger partial charge on any atom is 0.317 e. The van der Waals surface area contributed by atoms with Crippen LogP contribution in [0.3, 0.4) is 0 Å². The number of nitrogens with one attached hydrogen (secondary N) is 1. The Kier molecular flexibility index (Phi) is 3.58. The van der Waals surface area contributed by atoms with E-state index in [-0.39, 0.29) is 37.7 Å². The van der Waals surface area contributed by atoms with Crippen molar-refractivity contribution in [1.29, 1.82) is 0 Å². The third-order valence-corrected chi connectivity index (χ3v) is 1.94. The molecule has 0 radical (unpaired) electrons. The first-order chi connectivity index (χ1) is 6.61. The van der Waals surface area contributed by atoms with Crippen molar-refractivity contribution in [2.75, 3.05) is 19.6 Å². The van der Waals surface area contributed by atoms with Gasteiger partial charge in [0.15, 0.2) is 0 Å². The van der Waals surface area contributed by atoms with Crippen molar-refractivity contribution >= 4 is 17.8 Å². The van der Waals surface area contributed by atoms with E-state index in [1.165, 1.54) is 0 Å². The second kappa shape index (κ2) is 4.71. The minimum absolute atomic E-state index is 0.157. The normalized spacial score (nSPS) is 16.4. The summed E-state index contributed by atoms with van der Waals surface area (Å²) in [6.07, 6.45) is 0.551. The predicted molar refractivity (Wildman–Crippen MR) is 46.5 cm³/mol. The number of hydrogen-bond acceptors (Lipinski definition) is 4. The van der Waals surface area contributed by atoms with Gasteiger partial charge in [-0.05, 0) is 0 Å². The Morgan fingerprint density at radius 1 is 1.36 bits per heavy atom. The van der Waals surface area contributed by atoms with Crippen LogP contribution in [-0.4, -0.2) is 47.4 Å². The molecular formula is C8H12N2O4. The van der Waals surface area contributed by atoms with Gasteiger partial charge in [-0.3, -0.25) is 19.3 Å². The van der Waals surface area contributed by atoms with Gasteiger partial charge in [0.1, 0.15) is 0 Å². The van der Waals surface area contributed by atoms with E-state index in [0.29, 0.717) is 6.54 Å². The molecule has 0 atom stereocenters. The number of amides is 2. The van der Waals surface area contributed by atoms with Gasteiger partial charge >= 0.3 is 5.97 Å². The van der Waals surface area contributed by atoms with E-state index in [4.69, 9.17) is 5.11 Å². The van der Waals surface area contributed by atoms with E-state index >= 15 is 0 Å². The van der Waals surface area contributed by atoms with Crippen molar-refractivity contribution in [3.05, 3.63) is 0 Å². The molecule has 0 aliphatic carbocycles. The van der Waals surface area contributed by atoms with Crippen molar-refractivity contribution in [1.82, 2.24) is 10.2 Å². The summed E-state index contributed by atoms with van der Waals surface area (Å²) < 4.78 is 0. The number of rotatable bonds is 5. The van der Waals surface area contributed by atoms with Gasteiger partial charge in [0.2, 0.25) is 11.8 Å². The van der Waals surface area contributed by atoms with Crippen LogP contribution in [0.25, 0.3) is 0 Å². The first-order valence-electron chi connectivity index (χ1n) is 4.37. The van der Waals surface area contributed by atoms with Crippen molar-refractivity contribution in [2.24, 2.45) is 0 Å². The molecule has 0 spiro atoms. The molecule has 14 heavy (non-hydrogen) atoms. The zero-order chi connectivity index (χ0) is 10.6. The van der Waals surface area contributed by atoms with E-state index in [1.54, 1.807) is 0 Å². The first-order valence-corrected chi connectivity index (χ1v) is 4.37. The number of hydrogen-bond donors (Lipinski definition) is 2. The van der Waals surface area contributed by atoms with E-state index in [0.717, 1.165) is 4.90 Å². The Morgan fingerprint density at radius 3 is 2.43 bits per heavy atom. The molecule has 0 unspecified atom stereocenters. The van der Waals surface area contributed by atoms with Crippen molar-refractivity contribution in [3.8, 4) is 0 Å². The van der Waals surface area contributed by atoms with Gasteiger partial charge in [0.25, 0.3) is 0 Å². The molecule has 1 saturated heterocycles. The number of aliphatic carboxylic acids is 1. The molecular weight excluding hydrogens is 188 g/mol. The van der Waals surface area contributed by atoms with Crippen molar-refractivity contribution in [2.45, 2.75) is 12.8 Å². The van der Waals surface area contributed by atoms with Gasteiger partial charge < -0.3 is 10.4 Å². The summed E-state index contributed by atoms with van der Waals surface area (Å²) in [6, 6.07) is 0. The molecule has 6 nitrogen and oxygen atoms in total. The van der Waals surface area contributed by atoms with Crippen molar-refractivity contribution < 1.29 is 19.5 Å². The van der Waals surface area contributed by atoms with Crippen LogP contribution in [0.15, 0.2) is 0 Å². The number of nitrogens with zero attached hydrogens (tertiary/aromatic N) is 1. The summed E-state index contributed by atoms with van der Waals surface area (Å²) in [7, 11) is 0. The molecule has 2 amide bonds. The van der Waals surface area contributed by atoms with Gasteiger partial charge in [-0.15, -0.1) is 0 Å². The average molecular weight is 200 g/mol. The van der Waals surface area contributed by atoms with Gasteiger partial charge in [-0.2, -0.15) is 0 Å². The molecule has 0 aromatic carbocycles. The van der Waals surface area contributed by atoms with Gasteiger partial charge in [-0.25, -0.2) is 0 Å².